The van der Waals surface area contributed by atoms with Crippen LogP contribution in [0.25, 0.3) is 0 Å². The van der Waals surface area contributed by atoms with Crippen LogP contribution in [-0.2, 0) is 6.18 Å². The van der Waals surface area contributed by atoms with Crippen molar-refractivity contribution in [3.8, 4) is 5.75 Å². The molecule has 21 heavy (non-hydrogen) atoms. The van der Waals surface area contributed by atoms with Gasteiger partial charge < -0.3 is 4.74 Å². The highest BCUT2D eigenvalue weighted by atomic mass is 35.5. The largest absolute Gasteiger partial charge is 0.497 e. The van der Waals surface area contributed by atoms with Gasteiger partial charge in [0.1, 0.15) is 5.75 Å². The van der Waals surface area contributed by atoms with Gasteiger partial charge in [0.2, 0.25) is 0 Å². The van der Waals surface area contributed by atoms with Crippen LogP contribution < -0.4 is 4.74 Å². The highest BCUT2D eigenvalue weighted by Crippen LogP contribution is 2.30. The summed E-state index contributed by atoms with van der Waals surface area (Å²) in [7, 11) is 1.46. The summed E-state index contributed by atoms with van der Waals surface area (Å²) in [5, 5.41) is 0.180. The molecule has 2 rings (SSSR count). The van der Waals surface area contributed by atoms with E-state index < -0.39 is 17.5 Å². The molecule has 0 heterocycles. The van der Waals surface area contributed by atoms with Gasteiger partial charge in [-0.05, 0) is 30.3 Å². The number of alkyl halides is 3. The molecule has 0 aromatic heterocycles. The molecule has 110 valence electrons. The summed E-state index contributed by atoms with van der Waals surface area (Å²) in [6.45, 7) is 0. The Morgan fingerprint density at radius 2 is 1.71 bits per heavy atom. The van der Waals surface area contributed by atoms with Crippen molar-refractivity contribution >= 4 is 17.4 Å². The molecule has 0 amide bonds. The molecule has 2 aromatic carbocycles. The number of hydrogen-bond acceptors (Lipinski definition) is 2. The molecule has 2 nitrogen and oxygen atoms in total. The first-order valence-corrected chi connectivity index (χ1v) is 6.26. The number of rotatable bonds is 3. The van der Waals surface area contributed by atoms with E-state index in [1.54, 1.807) is 6.07 Å². The van der Waals surface area contributed by atoms with Gasteiger partial charge in [0.15, 0.2) is 5.78 Å². The van der Waals surface area contributed by atoms with E-state index in [4.69, 9.17) is 16.3 Å². The van der Waals surface area contributed by atoms with E-state index in [0.29, 0.717) is 5.75 Å². The Morgan fingerprint density at radius 1 is 1.10 bits per heavy atom. The van der Waals surface area contributed by atoms with Gasteiger partial charge in [0.25, 0.3) is 0 Å². The van der Waals surface area contributed by atoms with Crippen molar-refractivity contribution in [2.24, 2.45) is 0 Å². The number of ketones is 1. The Morgan fingerprint density at radius 3 is 2.19 bits per heavy atom. The molecule has 0 aliphatic heterocycles. The monoisotopic (exact) mass is 314 g/mol. The minimum absolute atomic E-state index is 0.134. The van der Waals surface area contributed by atoms with Crippen molar-refractivity contribution in [2.45, 2.75) is 6.18 Å². The molecule has 0 saturated heterocycles. The fourth-order valence-corrected chi connectivity index (χ4v) is 2.03. The third-order valence-corrected chi connectivity index (χ3v) is 3.21. The van der Waals surface area contributed by atoms with Gasteiger partial charge in [-0.2, -0.15) is 13.2 Å². The predicted molar refractivity (Wildman–Crippen MR) is 72.9 cm³/mol. The second-order valence-electron chi connectivity index (χ2n) is 4.25. The first kappa shape index (κ1) is 15.4. The summed E-state index contributed by atoms with van der Waals surface area (Å²) >= 11 is 5.98. The number of benzene rings is 2. The number of carbonyl (C=O) groups excluding carboxylic acids is 1. The zero-order valence-corrected chi connectivity index (χ0v) is 11.6. The van der Waals surface area contributed by atoms with E-state index in [2.05, 4.69) is 0 Å². The average molecular weight is 315 g/mol. The zero-order valence-electron chi connectivity index (χ0n) is 10.9. The fourth-order valence-electron chi connectivity index (χ4n) is 1.77. The van der Waals surface area contributed by atoms with Crippen molar-refractivity contribution < 1.29 is 22.7 Å². The SMILES string of the molecule is COc1ccc(C(=O)c2ccc(C(F)(F)F)cc2)c(Cl)c1. The Labute approximate surface area is 124 Å². The van der Waals surface area contributed by atoms with Gasteiger partial charge in [0.05, 0.1) is 17.7 Å². The van der Waals surface area contributed by atoms with Crippen molar-refractivity contribution in [1.82, 2.24) is 0 Å². The van der Waals surface area contributed by atoms with Crippen LogP contribution in [0.15, 0.2) is 42.5 Å². The van der Waals surface area contributed by atoms with Crippen molar-refractivity contribution in [2.75, 3.05) is 7.11 Å². The minimum atomic E-state index is -4.43. The zero-order chi connectivity index (χ0) is 15.6. The van der Waals surface area contributed by atoms with Gasteiger partial charge >= 0.3 is 6.18 Å². The molecule has 0 aliphatic rings. The van der Waals surface area contributed by atoms with Crippen LogP contribution in [0.3, 0.4) is 0 Å². The van der Waals surface area contributed by atoms with E-state index in [0.717, 1.165) is 24.3 Å². The first-order chi connectivity index (χ1) is 9.82. The van der Waals surface area contributed by atoms with Crippen molar-refractivity contribution in [3.05, 3.63) is 64.2 Å². The maximum atomic E-state index is 12.5. The molecule has 2 aromatic rings. The van der Waals surface area contributed by atoms with Crippen molar-refractivity contribution in [1.29, 1.82) is 0 Å². The summed E-state index contributed by atoms with van der Waals surface area (Å²) < 4.78 is 42.4. The van der Waals surface area contributed by atoms with E-state index in [-0.39, 0.29) is 16.1 Å². The summed E-state index contributed by atoms with van der Waals surface area (Å²) in [6.07, 6.45) is -4.43. The second kappa shape index (κ2) is 5.77. The highest BCUT2D eigenvalue weighted by Gasteiger charge is 2.30. The van der Waals surface area contributed by atoms with Gasteiger partial charge in [-0.3, -0.25) is 4.79 Å². The molecule has 0 unspecified atom stereocenters. The van der Waals surface area contributed by atoms with Crippen LogP contribution in [0.5, 0.6) is 5.75 Å². The van der Waals surface area contributed by atoms with E-state index >= 15 is 0 Å². The number of hydrogen-bond donors (Lipinski definition) is 0. The summed E-state index contributed by atoms with van der Waals surface area (Å²) in [5.74, 6) is 0.0420. The van der Waals surface area contributed by atoms with E-state index in [9.17, 15) is 18.0 Å². The van der Waals surface area contributed by atoms with Gasteiger partial charge in [-0.25, -0.2) is 0 Å². The molecule has 0 atom stereocenters. The van der Waals surface area contributed by atoms with Gasteiger partial charge in [0, 0.05) is 11.1 Å². The Hall–Kier alpha value is -2.01. The molecule has 0 spiro atoms. The normalized spacial score (nSPS) is 11.3. The van der Waals surface area contributed by atoms with E-state index in [1.165, 1.54) is 19.2 Å². The van der Waals surface area contributed by atoms with Crippen LogP contribution in [0.2, 0.25) is 5.02 Å². The topological polar surface area (TPSA) is 26.3 Å². The molecule has 0 radical (unpaired) electrons. The van der Waals surface area contributed by atoms with Crippen LogP contribution in [-0.4, -0.2) is 12.9 Å². The number of ether oxygens (including phenoxy) is 1. The molecule has 0 bridgehead atoms. The molecule has 0 aliphatic carbocycles. The molecule has 0 N–H and O–H groups in total. The van der Waals surface area contributed by atoms with Crippen LogP contribution in [0.4, 0.5) is 13.2 Å². The second-order valence-corrected chi connectivity index (χ2v) is 4.66. The number of halogens is 4. The summed E-state index contributed by atoms with van der Waals surface area (Å²) in [4.78, 5) is 12.2. The number of methoxy groups -OCH3 is 1. The predicted octanol–water partition coefficient (Wildman–Crippen LogP) is 4.60. The standard InChI is InChI=1S/C15H10ClF3O2/c1-21-11-6-7-12(13(16)8-11)14(20)9-2-4-10(5-3-9)15(17,18)19/h2-8H,1H3. The lowest BCUT2D eigenvalue weighted by Gasteiger charge is -2.08. The third kappa shape index (κ3) is 3.36. The highest BCUT2D eigenvalue weighted by molar-refractivity contribution is 6.35. The van der Waals surface area contributed by atoms with Gasteiger partial charge in [-0.15, -0.1) is 0 Å². The Kier molecular flexibility index (Phi) is 4.23. The first-order valence-electron chi connectivity index (χ1n) is 5.88. The summed E-state index contributed by atoms with van der Waals surface area (Å²) in [5.41, 5.74) is -0.466. The Balaban J connectivity index is 2.32. The Bertz CT molecular complexity index is 664. The van der Waals surface area contributed by atoms with Crippen LogP contribution in [0, 0.1) is 0 Å². The molecular weight excluding hydrogens is 305 g/mol. The van der Waals surface area contributed by atoms with Crippen molar-refractivity contribution in [3.63, 3.8) is 0 Å². The van der Waals surface area contributed by atoms with Gasteiger partial charge in [-0.1, -0.05) is 23.7 Å². The maximum Gasteiger partial charge on any atom is 0.416 e. The number of carbonyl (C=O) groups is 1. The quantitative estimate of drug-likeness (QED) is 0.774. The summed E-state index contributed by atoms with van der Waals surface area (Å²) in [6, 6.07) is 8.50. The smallest absolute Gasteiger partial charge is 0.416 e. The van der Waals surface area contributed by atoms with Crippen LogP contribution in [0.1, 0.15) is 21.5 Å². The molecule has 6 heteroatoms. The van der Waals surface area contributed by atoms with Crippen LogP contribution >= 0.6 is 11.6 Å². The maximum absolute atomic E-state index is 12.5. The minimum Gasteiger partial charge on any atom is -0.497 e. The third-order valence-electron chi connectivity index (χ3n) is 2.90. The molecular formula is C15H10ClF3O2. The lowest BCUT2D eigenvalue weighted by molar-refractivity contribution is -0.137. The molecule has 0 saturated carbocycles. The lowest BCUT2D eigenvalue weighted by Crippen LogP contribution is -2.07. The molecule has 0 fully saturated rings. The van der Waals surface area contributed by atoms with E-state index in [1.807, 2.05) is 0 Å². The lowest BCUT2D eigenvalue weighted by atomic mass is 10.0. The average Bonchev–Trinajstić information content (AvgIpc) is 2.45. The fraction of sp³-hybridized carbons (Fsp3) is 0.133.